The third kappa shape index (κ3) is 2.62. The van der Waals surface area contributed by atoms with Crippen LogP contribution in [0.4, 0.5) is 0 Å². The van der Waals surface area contributed by atoms with Gasteiger partial charge < -0.3 is 20.4 Å². The Morgan fingerprint density at radius 1 is 1.10 bits per heavy atom. The standard InChI is InChI=1S/C6H14O4/c1-2-4(8)6(10)5(9)3-7/h4-10H,2-3H2,1H3. The van der Waals surface area contributed by atoms with E-state index in [-0.39, 0.29) is 0 Å². The molecule has 0 aromatic carbocycles. The molecule has 0 aliphatic carbocycles. The van der Waals surface area contributed by atoms with Crippen molar-refractivity contribution in [2.45, 2.75) is 31.7 Å². The van der Waals surface area contributed by atoms with Gasteiger partial charge in [0.1, 0.15) is 12.2 Å². The van der Waals surface area contributed by atoms with Gasteiger partial charge >= 0.3 is 0 Å². The number of aliphatic hydroxyl groups is 4. The van der Waals surface area contributed by atoms with Crippen LogP contribution < -0.4 is 0 Å². The van der Waals surface area contributed by atoms with Crippen LogP contribution in [0.1, 0.15) is 13.3 Å². The Kier molecular flexibility index (Phi) is 4.55. The summed E-state index contributed by atoms with van der Waals surface area (Å²) in [5, 5.41) is 34.9. The van der Waals surface area contributed by atoms with Gasteiger partial charge in [-0.25, -0.2) is 0 Å². The van der Waals surface area contributed by atoms with Crippen molar-refractivity contribution < 1.29 is 20.4 Å². The van der Waals surface area contributed by atoms with Gasteiger partial charge in [0.2, 0.25) is 0 Å². The monoisotopic (exact) mass is 150 g/mol. The molecule has 4 N–H and O–H groups in total. The van der Waals surface area contributed by atoms with Gasteiger partial charge in [0.25, 0.3) is 0 Å². The number of hydrogen-bond donors (Lipinski definition) is 4. The molecule has 0 bridgehead atoms. The SMILES string of the molecule is CCC(O)C(O)C(O)CO. The molecule has 3 unspecified atom stereocenters. The van der Waals surface area contributed by atoms with Crippen LogP contribution in [-0.2, 0) is 0 Å². The van der Waals surface area contributed by atoms with Crippen molar-refractivity contribution in [3.63, 3.8) is 0 Å². The highest BCUT2D eigenvalue weighted by Gasteiger charge is 2.21. The van der Waals surface area contributed by atoms with E-state index in [0.717, 1.165) is 0 Å². The summed E-state index contributed by atoms with van der Waals surface area (Å²) in [6.45, 7) is 1.15. The Hall–Kier alpha value is -0.160. The van der Waals surface area contributed by atoms with Crippen molar-refractivity contribution in [1.82, 2.24) is 0 Å². The molecule has 0 aliphatic rings. The van der Waals surface area contributed by atoms with Gasteiger partial charge in [0.15, 0.2) is 0 Å². The van der Waals surface area contributed by atoms with Crippen molar-refractivity contribution >= 4 is 0 Å². The maximum atomic E-state index is 8.93. The first kappa shape index (κ1) is 9.84. The first-order chi connectivity index (χ1) is 4.63. The van der Waals surface area contributed by atoms with Crippen molar-refractivity contribution in [2.24, 2.45) is 0 Å². The molecule has 4 nitrogen and oxygen atoms in total. The van der Waals surface area contributed by atoms with E-state index >= 15 is 0 Å². The van der Waals surface area contributed by atoms with Gasteiger partial charge in [-0.2, -0.15) is 0 Å². The summed E-state index contributed by atoms with van der Waals surface area (Å²) < 4.78 is 0. The van der Waals surface area contributed by atoms with E-state index in [1.807, 2.05) is 0 Å². The predicted octanol–water partition coefficient (Wildman–Crippen LogP) is -1.53. The second-order valence-electron chi connectivity index (χ2n) is 2.22. The molecule has 0 aromatic rings. The zero-order valence-corrected chi connectivity index (χ0v) is 5.94. The highest BCUT2D eigenvalue weighted by Crippen LogP contribution is 2.02. The highest BCUT2D eigenvalue weighted by atomic mass is 16.4. The summed E-state index contributed by atoms with van der Waals surface area (Å²) >= 11 is 0. The lowest BCUT2D eigenvalue weighted by Gasteiger charge is -2.19. The fraction of sp³-hybridized carbons (Fsp3) is 1.00. The first-order valence-electron chi connectivity index (χ1n) is 3.28. The van der Waals surface area contributed by atoms with E-state index in [2.05, 4.69) is 0 Å². The minimum atomic E-state index is -1.24. The highest BCUT2D eigenvalue weighted by molar-refractivity contribution is 4.72. The molecule has 0 heterocycles. The molecular formula is C6H14O4. The number of aliphatic hydroxyl groups excluding tert-OH is 4. The molecule has 0 fully saturated rings. The van der Waals surface area contributed by atoms with E-state index in [4.69, 9.17) is 20.4 Å². The van der Waals surface area contributed by atoms with Gasteiger partial charge in [-0.3, -0.25) is 0 Å². The zero-order chi connectivity index (χ0) is 8.15. The second kappa shape index (κ2) is 4.62. The molecule has 3 atom stereocenters. The molecule has 0 aliphatic heterocycles. The summed E-state index contributed by atoms with van der Waals surface area (Å²) in [6.07, 6.45) is -3.08. The molecule has 62 valence electrons. The molecule has 4 heteroatoms. The number of rotatable bonds is 4. The van der Waals surface area contributed by atoms with Crippen LogP contribution in [0.5, 0.6) is 0 Å². The largest absolute Gasteiger partial charge is 0.394 e. The maximum Gasteiger partial charge on any atom is 0.108 e. The third-order valence-corrected chi connectivity index (χ3v) is 1.39. The smallest absolute Gasteiger partial charge is 0.108 e. The van der Waals surface area contributed by atoms with Crippen LogP contribution in [0, 0.1) is 0 Å². The molecule has 0 radical (unpaired) electrons. The van der Waals surface area contributed by atoms with E-state index < -0.39 is 24.9 Å². The lowest BCUT2D eigenvalue weighted by atomic mass is 10.1. The Balaban J connectivity index is 3.69. The average Bonchev–Trinajstić information content (AvgIpc) is 2.00. The van der Waals surface area contributed by atoms with Crippen LogP contribution in [0.2, 0.25) is 0 Å². The molecular weight excluding hydrogens is 136 g/mol. The average molecular weight is 150 g/mol. The fourth-order valence-corrected chi connectivity index (χ4v) is 0.606. The van der Waals surface area contributed by atoms with Crippen LogP contribution in [0.25, 0.3) is 0 Å². The lowest BCUT2D eigenvalue weighted by molar-refractivity contribution is -0.0767. The summed E-state index contributed by atoms with van der Waals surface area (Å²) in [7, 11) is 0. The molecule has 0 saturated carbocycles. The van der Waals surface area contributed by atoms with Gasteiger partial charge in [0, 0.05) is 0 Å². The quantitative estimate of drug-likeness (QED) is 0.392. The number of hydrogen-bond acceptors (Lipinski definition) is 4. The van der Waals surface area contributed by atoms with Crippen molar-refractivity contribution in [3.8, 4) is 0 Å². The minimum absolute atomic E-state index is 0.359. The van der Waals surface area contributed by atoms with Gasteiger partial charge in [-0.15, -0.1) is 0 Å². The maximum absolute atomic E-state index is 8.93. The summed E-state index contributed by atoms with van der Waals surface area (Å²) in [4.78, 5) is 0. The van der Waals surface area contributed by atoms with Crippen LogP contribution >= 0.6 is 0 Å². The van der Waals surface area contributed by atoms with Gasteiger partial charge in [-0.05, 0) is 6.42 Å². The zero-order valence-electron chi connectivity index (χ0n) is 5.94. The van der Waals surface area contributed by atoms with E-state index in [1.165, 1.54) is 0 Å². The molecule has 0 amide bonds. The van der Waals surface area contributed by atoms with Crippen LogP contribution in [0.3, 0.4) is 0 Å². The lowest BCUT2D eigenvalue weighted by Crippen LogP contribution is -2.38. The summed E-state index contributed by atoms with van der Waals surface area (Å²) in [6, 6.07) is 0. The van der Waals surface area contributed by atoms with E-state index in [1.54, 1.807) is 6.92 Å². The Labute approximate surface area is 59.7 Å². The normalized spacial score (nSPS) is 20.1. The Morgan fingerprint density at radius 2 is 1.60 bits per heavy atom. The third-order valence-electron chi connectivity index (χ3n) is 1.39. The van der Waals surface area contributed by atoms with Crippen molar-refractivity contribution in [3.05, 3.63) is 0 Å². The molecule has 10 heavy (non-hydrogen) atoms. The van der Waals surface area contributed by atoms with Gasteiger partial charge in [0.05, 0.1) is 12.7 Å². The summed E-state index contributed by atoms with van der Waals surface area (Å²) in [5.74, 6) is 0. The first-order valence-corrected chi connectivity index (χ1v) is 3.28. The minimum Gasteiger partial charge on any atom is -0.394 e. The molecule has 0 spiro atoms. The Bertz CT molecular complexity index is 75.8. The second-order valence-corrected chi connectivity index (χ2v) is 2.22. The van der Waals surface area contributed by atoms with E-state index in [9.17, 15) is 0 Å². The fourth-order valence-electron chi connectivity index (χ4n) is 0.606. The van der Waals surface area contributed by atoms with Crippen molar-refractivity contribution in [1.29, 1.82) is 0 Å². The Morgan fingerprint density at radius 3 is 1.90 bits per heavy atom. The molecule has 0 aromatic heterocycles. The van der Waals surface area contributed by atoms with Crippen LogP contribution in [0.15, 0.2) is 0 Å². The van der Waals surface area contributed by atoms with Gasteiger partial charge in [-0.1, -0.05) is 6.92 Å². The van der Waals surface area contributed by atoms with E-state index in [0.29, 0.717) is 6.42 Å². The topological polar surface area (TPSA) is 80.9 Å². The predicted molar refractivity (Wildman–Crippen MR) is 35.4 cm³/mol. The van der Waals surface area contributed by atoms with Crippen molar-refractivity contribution in [2.75, 3.05) is 6.61 Å². The molecule has 0 saturated heterocycles. The van der Waals surface area contributed by atoms with Crippen LogP contribution in [-0.4, -0.2) is 45.3 Å². The summed E-state index contributed by atoms with van der Waals surface area (Å²) in [5.41, 5.74) is 0. The molecule has 0 rings (SSSR count).